The molecule has 0 aromatic heterocycles. The summed E-state index contributed by atoms with van der Waals surface area (Å²) in [5.41, 5.74) is 1.71. The van der Waals surface area contributed by atoms with E-state index in [0.717, 1.165) is 12.2 Å². The normalized spacial score (nSPS) is 23.9. The van der Waals surface area contributed by atoms with Gasteiger partial charge in [-0.15, -0.1) is 11.6 Å². The quantitative estimate of drug-likeness (QED) is 0.720. The van der Waals surface area contributed by atoms with Gasteiger partial charge in [-0.3, -0.25) is 0 Å². The Hall–Kier alpha value is -0.690. The van der Waals surface area contributed by atoms with Crippen LogP contribution < -0.4 is 4.74 Å². The van der Waals surface area contributed by atoms with Gasteiger partial charge in [0.2, 0.25) is 0 Å². The van der Waals surface area contributed by atoms with Crippen molar-refractivity contribution in [3.05, 3.63) is 29.8 Å². The lowest BCUT2D eigenvalue weighted by Crippen LogP contribution is -2.27. The first-order valence-corrected chi connectivity index (χ1v) is 7.23. The number of rotatable bonds is 4. The molecule has 2 atom stereocenters. The molecule has 1 aromatic rings. The van der Waals surface area contributed by atoms with E-state index in [0.29, 0.717) is 11.3 Å². The van der Waals surface area contributed by atoms with Gasteiger partial charge in [0.1, 0.15) is 5.75 Å². The highest BCUT2D eigenvalue weighted by Crippen LogP contribution is 2.46. The molecular formula is C16H23ClO. The van der Waals surface area contributed by atoms with E-state index in [9.17, 15) is 0 Å². The molecule has 0 amide bonds. The number of ether oxygens (including phenoxy) is 1. The van der Waals surface area contributed by atoms with Gasteiger partial charge in [0.25, 0.3) is 0 Å². The molecule has 0 spiro atoms. The maximum Gasteiger partial charge on any atom is 0.118 e. The number of methoxy groups -OCH3 is 1. The second-order valence-corrected chi connectivity index (χ2v) is 6.62. The van der Waals surface area contributed by atoms with Crippen molar-refractivity contribution in [2.75, 3.05) is 7.11 Å². The summed E-state index contributed by atoms with van der Waals surface area (Å²) in [6.07, 6.45) is 4.87. The minimum absolute atomic E-state index is 0.246. The van der Waals surface area contributed by atoms with E-state index in [-0.39, 0.29) is 5.38 Å². The first kappa shape index (κ1) is 13.7. The molecule has 1 aliphatic rings. The number of alkyl halides is 1. The fraction of sp³-hybridized carbons (Fsp3) is 0.625. The predicted molar refractivity (Wildman–Crippen MR) is 77.5 cm³/mol. The van der Waals surface area contributed by atoms with Crippen LogP contribution in [0.1, 0.15) is 38.7 Å². The highest BCUT2D eigenvalue weighted by atomic mass is 35.5. The first-order valence-electron chi connectivity index (χ1n) is 6.80. The molecule has 2 rings (SSSR count). The van der Waals surface area contributed by atoms with Crippen molar-refractivity contribution in [1.82, 2.24) is 0 Å². The number of halogens is 1. The van der Waals surface area contributed by atoms with E-state index in [1.54, 1.807) is 7.11 Å². The molecule has 1 aliphatic carbocycles. The van der Waals surface area contributed by atoms with E-state index in [1.807, 2.05) is 12.1 Å². The third-order valence-electron chi connectivity index (χ3n) is 4.37. The van der Waals surface area contributed by atoms with E-state index < -0.39 is 0 Å². The van der Waals surface area contributed by atoms with Crippen LogP contribution in [0.3, 0.4) is 0 Å². The molecule has 0 heterocycles. The van der Waals surface area contributed by atoms with Crippen LogP contribution in [0.2, 0.25) is 0 Å². The zero-order valence-electron chi connectivity index (χ0n) is 11.6. The van der Waals surface area contributed by atoms with Crippen LogP contribution in [0.4, 0.5) is 0 Å². The summed E-state index contributed by atoms with van der Waals surface area (Å²) in [5, 5.41) is 0.246. The zero-order valence-corrected chi connectivity index (χ0v) is 12.3. The summed E-state index contributed by atoms with van der Waals surface area (Å²) < 4.78 is 5.17. The standard InChI is InChI=1S/C16H23ClO/c1-16(2)10-4-5-14(16)15(17)11-12-6-8-13(18-3)9-7-12/h6-9,14-15H,4-5,10-11H2,1-3H3. The summed E-state index contributed by atoms with van der Waals surface area (Å²) in [6.45, 7) is 4.71. The Morgan fingerprint density at radius 1 is 1.33 bits per heavy atom. The second kappa shape index (κ2) is 5.52. The Kier molecular flexibility index (Phi) is 4.21. The highest BCUT2D eigenvalue weighted by molar-refractivity contribution is 6.21. The topological polar surface area (TPSA) is 9.23 Å². The molecule has 18 heavy (non-hydrogen) atoms. The molecule has 0 radical (unpaired) electrons. The lowest BCUT2D eigenvalue weighted by atomic mass is 9.78. The maximum atomic E-state index is 6.65. The molecule has 100 valence electrons. The molecule has 1 saturated carbocycles. The molecule has 1 aromatic carbocycles. The van der Waals surface area contributed by atoms with Gasteiger partial charge in [-0.2, -0.15) is 0 Å². The lowest BCUT2D eigenvalue weighted by molar-refractivity contribution is 0.250. The monoisotopic (exact) mass is 266 g/mol. The van der Waals surface area contributed by atoms with Crippen LogP contribution in [0.5, 0.6) is 5.75 Å². The van der Waals surface area contributed by atoms with Gasteiger partial charge in [0, 0.05) is 5.38 Å². The fourth-order valence-electron chi connectivity index (χ4n) is 3.15. The van der Waals surface area contributed by atoms with Crippen LogP contribution in [0, 0.1) is 11.3 Å². The van der Waals surface area contributed by atoms with Crippen molar-refractivity contribution in [3.8, 4) is 5.75 Å². The van der Waals surface area contributed by atoms with Gasteiger partial charge in [-0.1, -0.05) is 32.4 Å². The van der Waals surface area contributed by atoms with Gasteiger partial charge in [-0.25, -0.2) is 0 Å². The number of hydrogen-bond donors (Lipinski definition) is 0. The number of hydrogen-bond acceptors (Lipinski definition) is 1. The molecule has 0 saturated heterocycles. The van der Waals surface area contributed by atoms with Crippen molar-refractivity contribution in [2.45, 2.75) is 44.9 Å². The van der Waals surface area contributed by atoms with Crippen molar-refractivity contribution in [2.24, 2.45) is 11.3 Å². The average Bonchev–Trinajstić information content (AvgIpc) is 2.70. The Labute approximate surface area is 115 Å². The van der Waals surface area contributed by atoms with Gasteiger partial charge in [-0.05, 0) is 48.3 Å². The molecule has 0 aliphatic heterocycles. The maximum absolute atomic E-state index is 6.65. The van der Waals surface area contributed by atoms with Crippen LogP contribution in [-0.4, -0.2) is 12.5 Å². The third kappa shape index (κ3) is 3.00. The summed E-state index contributed by atoms with van der Waals surface area (Å²) in [7, 11) is 1.69. The Bertz CT molecular complexity index is 383. The second-order valence-electron chi connectivity index (χ2n) is 6.06. The Morgan fingerprint density at radius 3 is 2.50 bits per heavy atom. The predicted octanol–water partition coefficient (Wildman–Crippen LogP) is 4.67. The van der Waals surface area contributed by atoms with Gasteiger partial charge in [0.15, 0.2) is 0 Å². The minimum atomic E-state index is 0.246. The molecule has 0 N–H and O–H groups in total. The van der Waals surface area contributed by atoms with Crippen molar-refractivity contribution in [1.29, 1.82) is 0 Å². The summed E-state index contributed by atoms with van der Waals surface area (Å²) in [6, 6.07) is 8.27. The van der Waals surface area contributed by atoms with Crippen molar-refractivity contribution < 1.29 is 4.74 Å². The molecule has 2 heteroatoms. The fourth-order valence-corrected chi connectivity index (χ4v) is 3.80. The van der Waals surface area contributed by atoms with Gasteiger partial charge >= 0.3 is 0 Å². The summed E-state index contributed by atoms with van der Waals surface area (Å²) >= 11 is 6.65. The SMILES string of the molecule is COc1ccc(CC(Cl)C2CCCC2(C)C)cc1. The van der Waals surface area contributed by atoms with Crippen LogP contribution in [0.25, 0.3) is 0 Å². The largest absolute Gasteiger partial charge is 0.497 e. The van der Waals surface area contributed by atoms with Crippen LogP contribution >= 0.6 is 11.6 Å². The van der Waals surface area contributed by atoms with E-state index >= 15 is 0 Å². The molecule has 1 nitrogen and oxygen atoms in total. The molecular weight excluding hydrogens is 244 g/mol. The molecule has 1 fully saturated rings. The van der Waals surface area contributed by atoms with Gasteiger partial charge in [0.05, 0.1) is 7.11 Å². The summed E-state index contributed by atoms with van der Waals surface area (Å²) in [5.74, 6) is 1.55. The first-order chi connectivity index (χ1) is 8.53. The Morgan fingerprint density at radius 2 is 2.00 bits per heavy atom. The zero-order chi connectivity index (χ0) is 13.2. The Balaban J connectivity index is 2.00. The van der Waals surface area contributed by atoms with Gasteiger partial charge < -0.3 is 4.74 Å². The average molecular weight is 267 g/mol. The van der Waals surface area contributed by atoms with Crippen LogP contribution in [-0.2, 0) is 6.42 Å². The van der Waals surface area contributed by atoms with E-state index in [4.69, 9.17) is 16.3 Å². The lowest BCUT2D eigenvalue weighted by Gasteiger charge is -2.30. The van der Waals surface area contributed by atoms with Crippen LogP contribution in [0.15, 0.2) is 24.3 Å². The number of benzene rings is 1. The third-order valence-corrected chi connectivity index (χ3v) is 4.82. The minimum Gasteiger partial charge on any atom is -0.497 e. The molecule has 0 bridgehead atoms. The van der Waals surface area contributed by atoms with Crippen molar-refractivity contribution in [3.63, 3.8) is 0 Å². The van der Waals surface area contributed by atoms with Crippen molar-refractivity contribution >= 4 is 11.6 Å². The highest BCUT2D eigenvalue weighted by Gasteiger charge is 2.38. The van der Waals surface area contributed by atoms with E-state index in [2.05, 4.69) is 26.0 Å². The van der Waals surface area contributed by atoms with E-state index in [1.165, 1.54) is 24.8 Å². The summed E-state index contributed by atoms with van der Waals surface area (Å²) in [4.78, 5) is 0. The molecule has 2 unspecified atom stereocenters. The smallest absolute Gasteiger partial charge is 0.118 e.